The molecule has 3 fully saturated rings. The highest BCUT2D eigenvalue weighted by Gasteiger charge is 2.66. The number of rotatable bonds is 8. The summed E-state index contributed by atoms with van der Waals surface area (Å²) in [5.41, 5.74) is 5.06. The zero-order chi connectivity index (χ0) is 29.2. The maximum Gasteiger partial charge on any atom is 0.302 e. The summed E-state index contributed by atoms with van der Waals surface area (Å²) in [7, 11) is 0. The first kappa shape index (κ1) is 27.7. The number of hydrogen-bond donors (Lipinski definition) is 0. The van der Waals surface area contributed by atoms with Gasteiger partial charge in [0.2, 0.25) is 5.91 Å². The third-order valence-electron chi connectivity index (χ3n) is 10.6. The fourth-order valence-corrected chi connectivity index (χ4v) is 9.00. The molecule has 1 spiro atoms. The normalized spacial score (nSPS) is 32.4. The van der Waals surface area contributed by atoms with E-state index in [4.69, 9.17) is 9.47 Å². The van der Waals surface area contributed by atoms with E-state index in [2.05, 4.69) is 67.0 Å². The average Bonchev–Trinajstić information content (AvgIpc) is 3.57. The van der Waals surface area contributed by atoms with Crippen LogP contribution in [0, 0.1) is 24.7 Å². The maximum absolute atomic E-state index is 14.0. The molecule has 1 saturated heterocycles. The van der Waals surface area contributed by atoms with Crippen molar-refractivity contribution < 1.29 is 19.1 Å². The van der Waals surface area contributed by atoms with Gasteiger partial charge in [-0.25, -0.2) is 0 Å². The molecular weight excluding hydrogens is 524 g/mol. The highest BCUT2D eigenvalue weighted by atomic mass is 16.5. The number of carbonyl (C=O) groups excluding carboxylic acids is 2. The van der Waals surface area contributed by atoms with Crippen molar-refractivity contribution in [1.82, 2.24) is 9.80 Å². The van der Waals surface area contributed by atoms with Crippen molar-refractivity contribution in [3.05, 3.63) is 70.8 Å². The molecule has 6 nitrogen and oxygen atoms in total. The van der Waals surface area contributed by atoms with Gasteiger partial charge >= 0.3 is 5.97 Å². The van der Waals surface area contributed by atoms with Crippen LogP contribution < -0.4 is 4.74 Å². The smallest absolute Gasteiger partial charge is 0.302 e. The van der Waals surface area contributed by atoms with Crippen LogP contribution in [-0.4, -0.2) is 65.6 Å². The van der Waals surface area contributed by atoms with Crippen molar-refractivity contribution in [2.75, 3.05) is 19.6 Å². The number of hydrogen-bond acceptors (Lipinski definition) is 5. The minimum atomic E-state index is -0.169. The van der Waals surface area contributed by atoms with Crippen LogP contribution in [0.4, 0.5) is 0 Å². The second-order valence-electron chi connectivity index (χ2n) is 13.9. The third-order valence-corrected chi connectivity index (χ3v) is 10.6. The van der Waals surface area contributed by atoms with E-state index in [9.17, 15) is 9.59 Å². The second-order valence-corrected chi connectivity index (χ2v) is 13.9. The maximum atomic E-state index is 14.0. The summed E-state index contributed by atoms with van der Waals surface area (Å²) in [6.45, 7) is 10.7. The average molecular weight is 569 g/mol. The third kappa shape index (κ3) is 4.67. The Morgan fingerprint density at radius 1 is 1.19 bits per heavy atom. The Balaban J connectivity index is 1.18. The van der Waals surface area contributed by atoms with Gasteiger partial charge in [0.05, 0.1) is 6.04 Å². The summed E-state index contributed by atoms with van der Waals surface area (Å²) in [6.07, 6.45) is 8.94. The van der Waals surface area contributed by atoms with E-state index in [-0.39, 0.29) is 35.5 Å². The van der Waals surface area contributed by atoms with E-state index in [1.165, 1.54) is 23.6 Å². The topological polar surface area (TPSA) is 59.1 Å². The predicted octanol–water partition coefficient (Wildman–Crippen LogP) is 5.55. The monoisotopic (exact) mass is 568 g/mol. The SMILES string of the molecule is CC(=O)OC1CC1CN1CC[C@]23c4c5cccc4O[C@H]2[C@H](N(CC(C)C)C(=O)C=Cc2cccc(C)c2)CC[C@H]3[C@H]1C5. The van der Waals surface area contributed by atoms with Crippen molar-refractivity contribution in [1.29, 1.82) is 0 Å². The molecule has 2 aromatic carbocycles. The quantitative estimate of drug-likeness (QED) is 0.309. The van der Waals surface area contributed by atoms with Gasteiger partial charge in [-0.1, -0.05) is 55.8 Å². The molecule has 2 aromatic rings. The molecule has 222 valence electrons. The molecule has 2 aliphatic heterocycles. The summed E-state index contributed by atoms with van der Waals surface area (Å²) < 4.78 is 12.5. The summed E-state index contributed by atoms with van der Waals surface area (Å²) in [5, 5.41) is 0. The van der Waals surface area contributed by atoms with E-state index >= 15 is 0 Å². The van der Waals surface area contributed by atoms with Crippen LogP contribution in [0.1, 0.15) is 68.7 Å². The van der Waals surface area contributed by atoms with Crippen molar-refractivity contribution in [2.24, 2.45) is 17.8 Å². The molecular formula is C36H44N2O4. The Labute approximate surface area is 250 Å². The van der Waals surface area contributed by atoms with Gasteiger partial charge in [0.25, 0.3) is 0 Å². The summed E-state index contributed by atoms with van der Waals surface area (Å²) in [6, 6.07) is 15.4. The highest BCUT2D eigenvalue weighted by molar-refractivity contribution is 5.92. The van der Waals surface area contributed by atoms with Gasteiger partial charge in [-0.3, -0.25) is 14.5 Å². The molecule has 2 heterocycles. The molecule has 0 N–H and O–H groups in total. The molecule has 0 aromatic heterocycles. The Kier molecular flexibility index (Phi) is 6.96. The largest absolute Gasteiger partial charge is 0.487 e. The van der Waals surface area contributed by atoms with Crippen LogP contribution in [0.5, 0.6) is 5.75 Å². The molecule has 7 atom stereocenters. The summed E-state index contributed by atoms with van der Waals surface area (Å²) in [4.78, 5) is 30.3. The molecule has 2 unspecified atom stereocenters. The van der Waals surface area contributed by atoms with Gasteiger partial charge < -0.3 is 14.4 Å². The van der Waals surface area contributed by atoms with Crippen molar-refractivity contribution in [3.63, 3.8) is 0 Å². The van der Waals surface area contributed by atoms with Crippen LogP contribution in [-0.2, 0) is 26.2 Å². The van der Waals surface area contributed by atoms with Gasteiger partial charge in [-0.15, -0.1) is 0 Å². The van der Waals surface area contributed by atoms with Gasteiger partial charge in [0, 0.05) is 49.0 Å². The van der Waals surface area contributed by atoms with Crippen LogP contribution in [0.15, 0.2) is 48.5 Å². The zero-order valence-electron chi connectivity index (χ0n) is 25.4. The minimum absolute atomic E-state index is 0.0258. The lowest BCUT2D eigenvalue weighted by molar-refractivity contribution is -0.142. The van der Waals surface area contributed by atoms with E-state index < -0.39 is 0 Å². The van der Waals surface area contributed by atoms with Crippen LogP contribution in [0.2, 0.25) is 0 Å². The summed E-state index contributed by atoms with van der Waals surface area (Å²) in [5.74, 6) is 2.28. The number of amides is 1. The van der Waals surface area contributed by atoms with Crippen LogP contribution in [0.3, 0.4) is 0 Å². The number of esters is 1. The number of piperidine rings is 1. The van der Waals surface area contributed by atoms with Crippen molar-refractivity contribution in [2.45, 2.75) is 89.5 Å². The Hall–Kier alpha value is -3.12. The lowest BCUT2D eigenvalue weighted by Gasteiger charge is -2.60. The second kappa shape index (κ2) is 10.6. The van der Waals surface area contributed by atoms with E-state index in [0.29, 0.717) is 23.8 Å². The Morgan fingerprint density at radius 3 is 2.81 bits per heavy atom. The fourth-order valence-electron chi connectivity index (χ4n) is 9.00. The van der Waals surface area contributed by atoms with E-state index in [1.54, 1.807) is 6.08 Å². The first-order chi connectivity index (χ1) is 20.2. The standard InChI is InChI=1S/C36H44N2O4/c1-22(2)20-38(33(40)14-11-25-8-5-7-23(3)17-25)29-13-12-28-30-18-26-9-6-10-31-34(26)36(28,35(29)42-31)15-16-37(30)21-27-19-32(27)41-24(4)39/h5-11,14,17,22,27-30,32,35H,12-13,15-16,18-21H2,1-4H3/t27?,28-,29+,30+,32?,35-,36-/m0/s1. The molecule has 0 radical (unpaired) electrons. The lowest BCUT2D eigenvalue weighted by Crippen LogP contribution is -2.69. The first-order valence-electron chi connectivity index (χ1n) is 16.0. The molecule has 2 saturated carbocycles. The first-order valence-corrected chi connectivity index (χ1v) is 16.0. The molecule has 42 heavy (non-hydrogen) atoms. The van der Waals surface area contributed by atoms with Gasteiger partial charge in [0.15, 0.2) is 0 Å². The predicted molar refractivity (Wildman–Crippen MR) is 163 cm³/mol. The molecule has 3 aliphatic carbocycles. The molecule has 2 bridgehead atoms. The highest BCUT2D eigenvalue weighted by Crippen LogP contribution is 2.63. The molecule has 1 amide bonds. The minimum Gasteiger partial charge on any atom is -0.487 e. The van der Waals surface area contributed by atoms with Gasteiger partial charge in [0.1, 0.15) is 18.0 Å². The number of aryl methyl sites for hydroxylation is 1. The number of likely N-dealkylation sites (tertiary alicyclic amines) is 1. The van der Waals surface area contributed by atoms with Crippen molar-refractivity contribution in [3.8, 4) is 5.75 Å². The number of ether oxygens (including phenoxy) is 2. The van der Waals surface area contributed by atoms with Crippen LogP contribution >= 0.6 is 0 Å². The number of benzene rings is 2. The summed E-state index contributed by atoms with van der Waals surface area (Å²) >= 11 is 0. The zero-order valence-corrected chi connectivity index (χ0v) is 25.4. The van der Waals surface area contributed by atoms with E-state index in [1.807, 2.05) is 12.1 Å². The van der Waals surface area contributed by atoms with Crippen LogP contribution in [0.25, 0.3) is 6.08 Å². The Morgan fingerprint density at radius 2 is 2.02 bits per heavy atom. The van der Waals surface area contributed by atoms with Crippen molar-refractivity contribution >= 4 is 18.0 Å². The Bertz CT molecular complexity index is 1420. The fraction of sp³-hybridized carbons (Fsp3) is 0.556. The van der Waals surface area contributed by atoms with Gasteiger partial charge in [-0.05, 0) is 80.7 Å². The van der Waals surface area contributed by atoms with Gasteiger partial charge in [-0.2, -0.15) is 0 Å². The lowest BCUT2D eigenvalue weighted by atomic mass is 9.51. The molecule has 6 heteroatoms. The number of carbonyl (C=O) groups is 2. The number of nitrogens with zero attached hydrogens (tertiary/aromatic N) is 2. The molecule has 5 aliphatic rings. The van der Waals surface area contributed by atoms with E-state index in [0.717, 1.165) is 63.1 Å². The molecule has 7 rings (SSSR count).